The summed E-state index contributed by atoms with van der Waals surface area (Å²) in [6, 6.07) is 7.71. The van der Waals surface area contributed by atoms with Gasteiger partial charge in [0.2, 0.25) is 5.91 Å². The first-order valence-corrected chi connectivity index (χ1v) is 8.31. The lowest BCUT2D eigenvalue weighted by Gasteiger charge is -2.32. The summed E-state index contributed by atoms with van der Waals surface area (Å²) < 4.78 is 0. The van der Waals surface area contributed by atoms with E-state index < -0.39 is 6.10 Å². The van der Waals surface area contributed by atoms with Crippen LogP contribution in [-0.4, -0.2) is 17.6 Å². The standard InChI is InChI=1S/C18H27NO2/c1-2-3-4-5-6-7-12-18(21)19-14-13-17(20)15-10-8-9-11-16(15)19/h8-11,17,20H,2-7,12-14H2,1H3. The molecule has 1 aromatic carbocycles. The summed E-state index contributed by atoms with van der Waals surface area (Å²) in [7, 11) is 0. The zero-order chi connectivity index (χ0) is 15.1. The molecule has 2 rings (SSSR count). The van der Waals surface area contributed by atoms with Crippen molar-refractivity contribution in [1.82, 2.24) is 0 Å². The van der Waals surface area contributed by atoms with Crippen LogP contribution in [0.4, 0.5) is 5.69 Å². The molecule has 1 amide bonds. The third kappa shape index (κ3) is 4.31. The predicted molar refractivity (Wildman–Crippen MR) is 86.4 cm³/mol. The van der Waals surface area contributed by atoms with Crippen molar-refractivity contribution in [2.75, 3.05) is 11.4 Å². The van der Waals surface area contributed by atoms with Crippen LogP contribution in [0.1, 0.15) is 70.0 Å². The largest absolute Gasteiger partial charge is 0.388 e. The number of aliphatic hydroxyl groups is 1. The summed E-state index contributed by atoms with van der Waals surface area (Å²) in [5, 5.41) is 10.0. The number of carbonyl (C=O) groups excluding carboxylic acids is 1. The topological polar surface area (TPSA) is 40.5 Å². The molecule has 1 aliphatic heterocycles. The minimum atomic E-state index is -0.431. The molecular weight excluding hydrogens is 262 g/mol. The molecule has 0 radical (unpaired) electrons. The summed E-state index contributed by atoms with van der Waals surface area (Å²) in [6.07, 6.45) is 8.01. The molecule has 3 heteroatoms. The molecule has 1 N–H and O–H groups in total. The van der Waals surface area contributed by atoms with E-state index in [0.29, 0.717) is 19.4 Å². The van der Waals surface area contributed by atoms with Gasteiger partial charge in [-0.1, -0.05) is 57.2 Å². The van der Waals surface area contributed by atoms with Crippen LogP contribution >= 0.6 is 0 Å². The highest BCUT2D eigenvalue weighted by Gasteiger charge is 2.26. The van der Waals surface area contributed by atoms with Crippen molar-refractivity contribution in [2.45, 2.75) is 64.4 Å². The maximum Gasteiger partial charge on any atom is 0.226 e. The number of benzene rings is 1. The molecule has 0 fully saturated rings. The van der Waals surface area contributed by atoms with Gasteiger partial charge >= 0.3 is 0 Å². The first-order valence-electron chi connectivity index (χ1n) is 8.31. The molecular formula is C18H27NO2. The Balaban J connectivity index is 1.85. The van der Waals surface area contributed by atoms with Gasteiger partial charge in [0.05, 0.1) is 6.10 Å². The van der Waals surface area contributed by atoms with E-state index in [1.165, 1.54) is 25.7 Å². The van der Waals surface area contributed by atoms with Gasteiger partial charge in [-0.05, 0) is 18.9 Å². The highest BCUT2D eigenvalue weighted by atomic mass is 16.3. The quantitative estimate of drug-likeness (QED) is 0.764. The summed E-state index contributed by atoms with van der Waals surface area (Å²) in [5.74, 6) is 0.199. The molecule has 0 saturated carbocycles. The second kappa shape index (κ2) is 8.18. The number of anilines is 1. The van der Waals surface area contributed by atoms with Crippen molar-refractivity contribution in [3.05, 3.63) is 29.8 Å². The van der Waals surface area contributed by atoms with Gasteiger partial charge in [0, 0.05) is 24.2 Å². The van der Waals surface area contributed by atoms with Crippen molar-refractivity contribution in [1.29, 1.82) is 0 Å². The Morgan fingerprint density at radius 2 is 1.90 bits per heavy atom. The molecule has 1 atom stereocenters. The van der Waals surface area contributed by atoms with Gasteiger partial charge < -0.3 is 10.0 Å². The number of unbranched alkanes of at least 4 members (excludes halogenated alkanes) is 5. The van der Waals surface area contributed by atoms with Gasteiger partial charge in [-0.15, -0.1) is 0 Å². The number of fused-ring (bicyclic) bond motifs is 1. The Labute approximate surface area is 128 Å². The number of hydrogen-bond acceptors (Lipinski definition) is 2. The smallest absolute Gasteiger partial charge is 0.226 e. The van der Waals surface area contributed by atoms with Crippen molar-refractivity contribution in [3.8, 4) is 0 Å². The molecule has 0 aromatic heterocycles. The molecule has 1 aliphatic rings. The average Bonchev–Trinajstić information content (AvgIpc) is 2.51. The van der Waals surface area contributed by atoms with E-state index in [1.54, 1.807) is 0 Å². The summed E-state index contributed by atoms with van der Waals surface area (Å²) in [6.45, 7) is 2.85. The molecule has 0 bridgehead atoms. The van der Waals surface area contributed by atoms with Crippen molar-refractivity contribution in [3.63, 3.8) is 0 Å². The Kier molecular flexibility index (Phi) is 6.24. The molecule has 1 unspecified atom stereocenters. The van der Waals surface area contributed by atoms with Gasteiger partial charge in [-0.25, -0.2) is 0 Å². The van der Waals surface area contributed by atoms with E-state index >= 15 is 0 Å². The number of carbonyl (C=O) groups is 1. The fourth-order valence-electron chi connectivity index (χ4n) is 2.99. The van der Waals surface area contributed by atoms with Crippen LogP contribution in [0.5, 0.6) is 0 Å². The third-order valence-electron chi connectivity index (χ3n) is 4.26. The molecule has 116 valence electrons. The van der Waals surface area contributed by atoms with Crippen LogP contribution in [0.3, 0.4) is 0 Å². The van der Waals surface area contributed by atoms with Gasteiger partial charge in [0.1, 0.15) is 0 Å². The minimum absolute atomic E-state index is 0.199. The number of para-hydroxylation sites is 1. The van der Waals surface area contributed by atoms with Crippen LogP contribution in [-0.2, 0) is 4.79 Å². The monoisotopic (exact) mass is 289 g/mol. The number of hydrogen-bond donors (Lipinski definition) is 1. The summed E-state index contributed by atoms with van der Waals surface area (Å²) in [5.41, 5.74) is 1.78. The van der Waals surface area contributed by atoms with E-state index in [0.717, 1.165) is 24.1 Å². The van der Waals surface area contributed by atoms with Crippen LogP contribution in [0.15, 0.2) is 24.3 Å². The fraction of sp³-hybridized carbons (Fsp3) is 0.611. The molecule has 3 nitrogen and oxygen atoms in total. The number of rotatable bonds is 7. The second-order valence-electron chi connectivity index (χ2n) is 5.93. The normalized spacial score (nSPS) is 17.6. The van der Waals surface area contributed by atoms with E-state index in [4.69, 9.17) is 0 Å². The Hall–Kier alpha value is -1.35. The molecule has 1 aromatic rings. The average molecular weight is 289 g/mol. The minimum Gasteiger partial charge on any atom is -0.388 e. The van der Waals surface area contributed by atoms with Crippen molar-refractivity contribution in [2.24, 2.45) is 0 Å². The lowest BCUT2D eigenvalue weighted by atomic mass is 9.98. The number of amides is 1. The summed E-state index contributed by atoms with van der Waals surface area (Å²) >= 11 is 0. The fourth-order valence-corrected chi connectivity index (χ4v) is 2.99. The van der Waals surface area contributed by atoms with Gasteiger partial charge in [0.25, 0.3) is 0 Å². The van der Waals surface area contributed by atoms with Crippen LogP contribution in [0.25, 0.3) is 0 Å². The van der Waals surface area contributed by atoms with E-state index in [-0.39, 0.29) is 5.91 Å². The zero-order valence-electron chi connectivity index (χ0n) is 13.1. The van der Waals surface area contributed by atoms with Crippen LogP contribution in [0, 0.1) is 0 Å². The number of aliphatic hydroxyl groups excluding tert-OH is 1. The molecule has 21 heavy (non-hydrogen) atoms. The van der Waals surface area contributed by atoms with Crippen LogP contribution in [0.2, 0.25) is 0 Å². The zero-order valence-corrected chi connectivity index (χ0v) is 13.1. The maximum atomic E-state index is 12.4. The molecule has 1 heterocycles. The highest BCUT2D eigenvalue weighted by molar-refractivity contribution is 5.94. The van der Waals surface area contributed by atoms with E-state index in [1.807, 2.05) is 29.2 Å². The second-order valence-corrected chi connectivity index (χ2v) is 5.93. The third-order valence-corrected chi connectivity index (χ3v) is 4.26. The first-order chi connectivity index (χ1) is 10.2. The van der Waals surface area contributed by atoms with E-state index in [2.05, 4.69) is 6.92 Å². The van der Waals surface area contributed by atoms with E-state index in [9.17, 15) is 9.90 Å². The van der Waals surface area contributed by atoms with Gasteiger partial charge in [0.15, 0.2) is 0 Å². The SMILES string of the molecule is CCCCCCCCC(=O)N1CCC(O)c2ccccc21. The lowest BCUT2D eigenvalue weighted by molar-refractivity contribution is -0.118. The highest BCUT2D eigenvalue weighted by Crippen LogP contribution is 2.33. The lowest BCUT2D eigenvalue weighted by Crippen LogP contribution is -2.36. The Bertz CT molecular complexity index is 458. The Morgan fingerprint density at radius 1 is 1.19 bits per heavy atom. The molecule has 0 aliphatic carbocycles. The predicted octanol–water partition coefficient (Wildman–Crippen LogP) is 4.21. The van der Waals surface area contributed by atoms with Crippen molar-refractivity contribution < 1.29 is 9.90 Å². The van der Waals surface area contributed by atoms with Gasteiger partial charge in [-0.3, -0.25) is 4.79 Å². The van der Waals surface area contributed by atoms with Crippen LogP contribution < -0.4 is 4.90 Å². The Morgan fingerprint density at radius 3 is 2.71 bits per heavy atom. The van der Waals surface area contributed by atoms with Crippen molar-refractivity contribution >= 4 is 11.6 Å². The molecule has 0 spiro atoms. The number of nitrogens with zero attached hydrogens (tertiary/aromatic N) is 1. The first kappa shape index (κ1) is 16.0. The van der Waals surface area contributed by atoms with Gasteiger partial charge in [-0.2, -0.15) is 0 Å². The molecule has 0 saturated heterocycles. The maximum absolute atomic E-state index is 12.4. The summed E-state index contributed by atoms with van der Waals surface area (Å²) in [4.78, 5) is 14.3.